The minimum absolute atomic E-state index is 0.0257. The molecule has 1 aromatic rings. The van der Waals surface area contributed by atoms with Crippen LogP contribution in [-0.2, 0) is 11.2 Å². The SMILES string of the molecule is C=CCC[C@H](C)Cc1cc(C(=O)OC)c([C@H](O)[C@@H](CCC(=C)C)C(C)C)o1. The summed E-state index contributed by atoms with van der Waals surface area (Å²) in [6.07, 6.45) is 5.34. The molecule has 1 aromatic heterocycles. The number of carbonyl (C=O) groups is 1. The number of rotatable bonds is 12. The Kier molecular flexibility index (Phi) is 9.57. The molecule has 4 nitrogen and oxygen atoms in total. The summed E-state index contributed by atoms with van der Waals surface area (Å²) in [4.78, 5) is 12.2. The summed E-state index contributed by atoms with van der Waals surface area (Å²) in [5.41, 5.74) is 1.41. The van der Waals surface area contributed by atoms with E-state index in [1.807, 2.05) is 13.0 Å². The molecular formula is C23H36O4. The summed E-state index contributed by atoms with van der Waals surface area (Å²) in [5, 5.41) is 11.0. The molecule has 0 fully saturated rings. The van der Waals surface area contributed by atoms with Crippen molar-refractivity contribution in [1.82, 2.24) is 0 Å². The molecule has 0 aromatic carbocycles. The Morgan fingerprint density at radius 3 is 2.52 bits per heavy atom. The van der Waals surface area contributed by atoms with E-state index >= 15 is 0 Å². The summed E-state index contributed by atoms with van der Waals surface area (Å²) in [5.74, 6) is 1.18. The van der Waals surface area contributed by atoms with Crippen molar-refractivity contribution in [3.05, 3.63) is 48.0 Å². The fraction of sp³-hybridized carbons (Fsp3) is 0.609. The van der Waals surface area contributed by atoms with Crippen molar-refractivity contribution >= 4 is 5.97 Å². The quantitative estimate of drug-likeness (QED) is 0.366. The molecule has 0 bridgehead atoms. The lowest BCUT2D eigenvalue weighted by Crippen LogP contribution is -2.20. The van der Waals surface area contributed by atoms with Gasteiger partial charge in [0.15, 0.2) is 0 Å². The minimum atomic E-state index is -0.851. The zero-order chi connectivity index (χ0) is 20.6. The van der Waals surface area contributed by atoms with Crippen LogP contribution in [0.3, 0.4) is 0 Å². The van der Waals surface area contributed by atoms with Crippen LogP contribution in [0.5, 0.6) is 0 Å². The minimum Gasteiger partial charge on any atom is -0.465 e. The van der Waals surface area contributed by atoms with E-state index in [0.29, 0.717) is 29.4 Å². The Morgan fingerprint density at radius 2 is 2.00 bits per heavy atom. The van der Waals surface area contributed by atoms with Gasteiger partial charge in [0.05, 0.1) is 7.11 Å². The second kappa shape index (κ2) is 11.1. The lowest BCUT2D eigenvalue weighted by Gasteiger charge is -2.25. The molecule has 0 saturated heterocycles. The zero-order valence-corrected chi connectivity index (χ0v) is 17.6. The summed E-state index contributed by atoms with van der Waals surface area (Å²) >= 11 is 0. The highest BCUT2D eigenvalue weighted by atomic mass is 16.5. The molecule has 0 aliphatic rings. The van der Waals surface area contributed by atoms with Gasteiger partial charge in [-0.15, -0.1) is 13.2 Å². The van der Waals surface area contributed by atoms with Gasteiger partial charge in [0, 0.05) is 6.42 Å². The third-order valence-corrected chi connectivity index (χ3v) is 5.07. The van der Waals surface area contributed by atoms with Gasteiger partial charge in [0.25, 0.3) is 0 Å². The number of ether oxygens (including phenoxy) is 1. The van der Waals surface area contributed by atoms with Crippen molar-refractivity contribution in [2.45, 2.75) is 65.9 Å². The summed E-state index contributed by atoms with van der Waals surface area (Å²) < 4.78 is 10.9. The molecule has 1 rings (SSSR count). The zero-order valence-electron chi connectivity index (χ0n) is 17.6. The molecule has 0 unspecified atom stereocenters. The van der Waals surface area contributed by atoms with Gasteiger partial charge in [-0.1, -0.05) is 32.4 Å². The lowest BCUT2D eigenvalue weighted by atomic mass is 9.83. The first-order chi connectivity index (χ1) is 12.7. The predicted molar refractivity (Wildman–Crippen MR) is 110 cm³/mol. The molecule has 1 heterocycles. The number of hydrogen-bond donors (Lipinski definition) is 1. The predicted octanol–water partition coefficient (Wildman–Crippen LogP) is 5.87. The Bertz CT molecular complexity index is 626. The average molecular weight is 377 g/mol. The molecular weight excluding hydrogens is 340 g/mol. The fourth-order valence-corrected chi connectivity index (χ4v) is 3.36. The van der Waals surface area contributed by atoms with E-state index in [9.17, 15) is 9.90 Å². The maximum absolute atomic E-state index is 12.2. The molecule has 0 spiro atoms. The van der Waals surface area contributed by atoms with Gasteiger partial charge in [0.2, 0.25) is 0 Å². The first-order valence-corrected chi connectivity index (χ1v) is 9.85. The van der Waals surface area contributed by atoms with E-state index in [1.54, 1.807) is 6.07 Å². The van der Waals surface area contributed by atoms with Crippen molar-refractivity contribution < 1.29 is 19.1 Å². The highest BCUT2D eigenvalue weighted by Crippen LogP contribution is 2.36. The highest BCUT2D eigenvalue weighted by Gasteiger charge is 2.31. The van der Waals surface area contributed by atoms with Crippen LogP contribution in [0.4, 0.5) is 0 Å². The van der Waals surface area contributed by atoms with Crippen molar-refractivity contribution in [1.29, 1.82) is 0 Å². The second-order valence-electron chi connectivity index (χ2n) is 8.01. The third kappa shape index (κ3) is 7.02. The smallest absolute Gasteiger partial charge is 0.341 e. The maximum atomic E-state index is 12.2. The van der Waals surface area contributed by atoms with Crippen LogP contribution < -0.4 is 0 Å². The van der Waals surface area contributed by atoms with Gasteiger partial charge in [-0.05, 0) is 56.4 Å². The number of furan rings is 1. The lowest BCUT2D eigenvalue weighted by molar-refractivity contribution is 0.0476. The number of carbonyl (C=O) groups excluding carboxylic acids is 1. The maximum Gasteiger partial charge on any atom is 0.341 e. The molecule has 1 N–H and O–H groups in total. The van der Waals surface area contributed by atoms with Crippen LogP contribution in [-0.4, -0.2) is 18.2 Å². The number of hydrogen-bond acceptors (Lipinski definition) is 4. The number of aliphatic hydroxyl groups is 1. The van der Waals surface area contributed by atoms with E-state index < -0.39 is 12.1 Å². The van der Waals surface area contributed by atoms with Gasteiger partial charge in [0.1, 0.15) is 23.2 Å². The fourth-order valence-electron chi connectivity index (χ4n) is 3.36. The number of esters is 1. The van der Waals surface area contributed by atoms with Crippen molar-refractivity contribution in [3.63, 3.8) is 0 Å². The Hall–Kier alpha value is -1.81. The van der Waals surface area contributed by atoms with Crippen molar-refractivity contribution in [2.24, 2.45) is 17.8 Å². The molecule has 0 aliphatic heterocycles. The molecule has 4 heteroatoms. The molecule has 0 radical (unpaired) electrons. The molecule has 0 amide bonds. The Balaban J connectivity index is 3.11. The van der Waals surface area contributed by atoms with E-state index in [0.717, 1.165) is 31.3 Å². The summed E-state index contributed by atoms with van der Waals surface area (Å²) in [6.45, 7) is 16.0. The van der Waals surface area contributed by atoms with Gasteiger partial charge in [-0.3, -0.25) is 0 Å². The summed E-state index contributed by atoms with van der Waals surface area (Å²) in [7, 11) is 1.35. The first kappa shape index (κ1) is 23.2. The monoisotopic (exact) mass is 376 g/mol. The van der Waals surface area contributed by atoms with Gasteiger partial charge >= 0.3 is 5.97 Å². The van der Waals surface area contributed by atoms with E-state index in [1.165, 1.54) is 7.11 Å². The Morgan fingerprint density at radius 1 is 1.33 bits per heavy atom. The van der Waals surface area contributed by atoms with E-state index in [2.05, 4.69) is 33.9 Å². The van der Waals surface area contributed by atoms with Gasteiger partial charge in [-0.2, -0.15) is 0 Å². The van der Waals surface area contributed by atoms with Crippen LogP contribution in [0.1, 0.15) is 81.4 Å². The molecule has 27 heavy (non-hydrogen) atoms. The van der Waals surface area contributed by atoms with Crippen molar-refractivity contribution in [2.75, 3.05) is 7.11 Å². The summed E-state index contributed by atoms with van der Waals surface area (Å²) in [6, 6.07) is 1.73. The van der Waals surface area contributed by atoms with Crippen LogP contribution in [0.15, 0.2) is 35.3 Å². The average Bonchev–Trinajstić information content (AvgIpc) is 3.02. The standard InChI is InChI=1S/C23H36O4/c1-8-9-10-17(6)13-18-14-20(23(25)26-7)22(27-18)21(24)19(16(4)5)12-11-15(2)3/h8,14,16-17,19,21,24H,1-2,9-13H2,3-7H3/t17-,19-,21+/m0/s1. The molecule has 0 aliphatic carbocycles. The first-order valence-electron chi connectivity index (χ1n) is 9.85. The molecule has 152 valence electrons. The van der Waals surface area contributed by atoms with Crippen LogP contribution in [0, 0.1) is 17.8 Å². The van der Waals surface area contributed by atoms with Crippen molar-refractivity contribution in [3.8, 4) is 0 Å². The van der Waals surface area contributed by atoms with E-state index in [-0.39, 0.29) is 11.8 Å². The van der Waals surface area contributed by atoms with Gasteiger partial charge < -0.3 is 14.3 Å². The third-order valence-electron chi connectivity index (χ3n) is 5.07. The Labute approximate surface area is 164 Å². The molecule has 3 atom stereocenters. The normalized spacial score (nSPS) is 14.6. The number of methoxy groups -OCH3 is 1. The topological polar surface area (TPSA) is 59.7 Å². The second-order valence-corrected chi connectivity index (χ2v) is 8.01. The van der Waals surface area contributed by atoms with Crippen LogP contribution in [0.25, 0.3) is 0 Å². The van der Waals surface area contributed by atoms with Gasteiger partial charge in [-0.25, -0.2) is 4.79 Å². The van der Waals surface area contributed by atoms with Crippen LogP contribution >= 0.6 is 0 Å². The number of aliphatic hydroxyl groups excluding tert-OH is 1. The number of allylic oxidation sites excluding steroid dienone is 2. The highest BCUT2D eigenvalue weighted by molar-refractivity contribution is 5.90. The molecule has 0 saturated carbocycles. The van der Waals surface area contributed by atoms with E-state index in [4.69, 9.17) is 9.15 Å². The van der Waals surface area contributed by atoms with Crippen LogP contribution in [0.2, 0.25) is 0 Å². The largest absolute Gasteiger partial charge is 0.465 e.